The van der Waals surface area contributed by atoms with Gasteiger partial charge in [-0.3, -0.25) is 9.59 Å². The van der Waals surface area contributed by atoms with Gasteiger partial charge in [0.25, 0.3) is 0 Å². The van der Waals surface area contributed by atoms with Crippen LogP contribution in [-0.2, 0) is 11.2 Å². The molecule has 0 aliphatic carbocycles. The normalized spacial score (nSPS) is 10.9. The van der Waals surface area contributed by atoms with E-state index in [1.807, 2.05) is 26.0 Å². The van der Waals surface area contributed by atoms with Crippen molar-refractivity contribution in [3.63, 3.8) is 0 Å². The monoisotopic (exact) mass is 308 g/mol. The van der Waals surface area contributed by atoms with E-state index in [2.05, 4.69) is 0 Å². The van der Waals surface area contributed by atoms with Crippen LogP contribution >= 0.6 is 0 Å². The predicted molar refractivity (Wildman–Crippen MR) is 88.7 cm³/mol. The van der Waals surface area contributed by atoms with E-state index < -0.39 is 5.97 Å². The van der Waals surface area contributed by atoms with E-state index in [1.165, 1.54) is 6.07 Å². The molecular weight excluding hydrogens is 292 g/mol. The summed E-state index contributed by atoms with van der Waals surface area (Å²) in [7, 11) is 0. The van der Waals surface area contributed by atoms with Crippen LogP contribution in [0, 0.1) is 13.8 Å². The lowest BCUT2D eigenvalue weighted by molar-refractivity contribution is -0.136. The maximum atomic E-state index is 12.4. The highest BCUT2D eigenvalue weighted by Gasteiger charge is 2.10. The van der Waals surface area contributed by atoms with E-state index in [0.29, 0.717) is 22.3 Å². The number of carboxylic acid groups (broad SMARTS) is 1. The lowest BCUT2D eigenvalue weighted by Gasteiger charge is -2.07. The van der Waals surface area contributed by atoms with Crippen LogP contribution < -0.4 is 5.43 Å². The highest BCUT2D eigenvalue weighted by Crippen LogP contribution is 2.25. The average molecular weight is 308 g/mol. The second kappa shape index (κ2) is 5.72. The zero-order valence-corrected chi connectivity index (χ0v) is 12.9. The molecule has 0 aliphatic heterocycles. The van der Waals surface area contributed by atoms with E-state index in [0.717, 1.165) is 16.7 Å². The summed E-state index contributed by atoms with van der Waals surface area (Å²) in [5.74, 6) is -0.393. The first-order valence-corrected chi connectivity index (χ1v) is 7.30. The van der Waals surface area contributed by atoms with Crippen molar-refractivity contribution in [3.05, 3.63) is 69.4 Å². The Bertz CT molecular complexity index is 950. The Morgan fingerprint density at radius 2 is 1.78 bits per heavy atom. The number of benzene rings is 2. The van der Waals surface area contributed by atoms with Gasteiger partial charge in [0.15, 0.2) is 5.43 Å². The fourth-order valence-corrected chi connectivity index (χ4v) is 2.77. The highest BCUT2D eigenvalue weighted by atomic mass is 16.4. The van der Waals surface area contributed by atoms with E-state index >= 15 is 0 Å². The summed E-state index contributed by atoms with van der Waals surface area (Å²) in [6.07, 6.45) is -0.0274. The van der Waals surface area contributed by atoms with Crippen molar-refractivity contribution in [3.8, 4) is 11.3 Å². The van der Waals surface area contributed by atoms with Gasteiger partial charge in [0.05, 0.1) is 11.8 Å². The molecule has 0 fully saturated rings. The predicted octanol–water partition coefficient (Wildman–Crippen LogP) is 3.70. The first kappa shape index (κ1) is 15.0. The molecule has 23 heavy (non-hydrogen) atoms. The van der Waals surface area contributed by atoms with Crippen LogP contribution in [0.5, 0.6) is 0 Å². The van der Waals surface area contributed by atoms with Gasteiger partial charge in [-0.25, -0.2) is 0 Å². The van der Waals surface area contributed by atoms with E-state index in [1.54, 1.807) is 24.3 Å². The number of hydrogen-bond donors (Lipinski definition) is 1. The van der Waals surface area contributed by atoms with Crippen LogP contribution in [0.25, 0.3) is 22.3 Å². The Balaban J connectivity index is 2.10. The van der Waals surface area contributed by atoms with Crippen LogP contribution in [0.3, 0.4) is 0 Å². The van der Waals surface area contributed by atoms with Gasteiger partial charge in [0.2, 0.25) is 0 Å². The van der Waals surface area contributed by atoms with E-state index in [-0.39, 0.29) is 11.8 Å². The maximum Gasteiger partial charge on any atom is 0.307 e. The van der Waals surface area contributed by atoms with Crippen LogP contribution in [0.1, 0.15) is 16.7 Å². The van der Waals surface area contributed by atoms with Gasteiger partial charge in [0, 0.05) is 11.6 Å². The van der Waals surface area contributed by atoms with Crippen molar-refractivity contribution in [2.45, 2.75) is 20.3 Å². The third kappa shape index (κ3) is 3.01. The summed E-state index contributed by atoms with van der Waals surface area (Å²) in [6.45, 7) is 3.85. The number of aryl methyl sites for hydroxylation is 2. The fraction of sp³-hybridized carbons (Fsp3) is 0.158. The van der Waals surface area contributed by atoms with Crippen molar-refractivity contribution in [1.29, 1.82) is 0 Å². The van der Waals surface area contributed by atoms with Crippen LogP contribution in [-0.4, -0.2) is 11.1 Å². The molecule has 0 saturated heterocycles. The molecule has 0 amide bonds. The summed E-state index contributed by atoms with van der Waals surface area (Å²) in [6, 6.07) is 12.3. The molecule has 1 N–H and O–H groups in total. The van der Waals surface area contributed by atoms with Gasteiger partial charge in [-0.2, -0.15) is 0 Å². The number of carbonyl (C=O) groups is 1. The number of hydrogen-bond acceptors (Lipinski definition) is 3. The van der Waals surface area contributed by atoms with Crippen molar-refractivity contribution in [1.82, 2.24) is 0 Å². The topological polar surface area (TPSA) is 67.5 Å². The molecule has 116 valence electrons. The molecular formula is C19H16O4. The molecule has 0 unspecified atom stereocenters. The third-order valence-corrected chi connectivity index (χ3v) is 3.77. The lowest BCUT2D eigenvalue weighted by Crippen LogP contribution is -2.03. The largest absolute Gasteiger partial charge is 0.481 e. The van der Waals surface area contributed by atoms with E-state index in [4.69, 9.17) is 9.52 Å². The third-order valence-electron chi connectivity index (χ3n) is 3.77. The van der Waals surface area contributed by atoms with Gasteiger partial charge >= 0.3 is 5.97 Å². The van der Waals surface area contributed by atoms with Crippen LogP contribution in [0.2, 0.25) is 0 Å². The van der Waals surface area contributed by atoms with E-state index in [9.17, 15) is 9.59 Å². The van der Waals surface area contributed by atoms with Gasteiger partial charge in [-0.1, -0.05) is 30.3 Å². The standard InChI is InChI=1S/C19H16O4/c1-11-7-12(2)19-15(20)10-16(23-17(19)8-11)14-5-3-13(4-6-14)9-18(21)22/h3-8,10H,9H2,1-2H3,(H,21,22). The van der Waals surface area contributed by atoms with Gasteiger partial charge in [-0.05, 0) is 36.6 Å². The molecule has 0 atom stereocenters. The Morgan fingerprint density at radius 1 is 1.09 bits per heavy atom. The highest BCUT2D eigenvalue weighted by molar-refractivity contribution is 5.82. The Hall–Kier alpha value is -2.88. The van der Waals surface area contributed by atoms with Gasteiger partial charge in [0.1, 0.15) is 11.3 Å². The van der Waals surface area contributed by atoms with Crippen molar-refractivity contribution in [2.24, 2.45) is 0 Å². The molecule has 1 heterocycles. The molecule has 0 aliphatic rings. The smallest absolute Gasteiger partial charge is 0.307 e. The number of rotatable bonds is 3. The molecule has 0 bridgehead atoms. The second-order valence-corrected chi connectivity index (χ2v) is 5.70. The minimum atomic E-state index is -0.874. The minimum Gasteiger partial charge on any atom is -0.481 e. The SMILES string of the molecule is Cc1cc(C)c2c(=O)cc(-c3ccc(CC(=O)O)cc3)oc2c1. The summed E-state index contributed by atoms with van der Waals surface area (Å²) >= 11 is 0. The second-order valence-electron chi connectivity index (χ2n) is 5.70. The van der Waals surface area contributed by atoms with Gasteiger partial charge in [-0.15, -0.1) is 0 Å². The van der Waals surface area contributed by atoms with Crippen molar-refractivity contribution in [2.75, 3.05) is 0 Å². The van der Waals surface area contributed by atoms with Gasteiger partial charge < -0.3 is 9.52 Å². The Labute approximate surface area is 133 Å². The Kier molecular flexibility index (Phi) is 3.74. The molecule has 4 nitrogen and oxygen atoms in total. The lowest BCUT2D eigenvalue weighted by atomic mass is 10.0. The maximum absolute atomic E-state index is 12.4. The molecule has 0 spiro atoms. The van der Waals surface area contributed by atoms with Crippen molar-refractivity contribution < 1.29 is 14.3 Å². The Morgan fingerprint density at radius 3 is 2.43 bits per heavy atom. The van der Waals surface area contributed by atoms with Crippen LogP contribution in [0.4, 0.5) is 0 Å². The molecule has 4 heteroatoms. The molecule has 0 saturated carbocycles. The number of aliphatic carboxylic acids is 1. The average Bonchev–Trinajstić information content (AvgIpc) is 2.46. The summed E-state index contributed by atoms with van der Waals surface area (Å²) in [5.41, 5.74) is 3.88. The molecule has 2 aromatic carbocycles. The summed E-state index contributed by atoms with van der Waals surface area (Å²) in [5, 5.41) is 9.40. The zero-order chi connectivity index (χ0) is 16.6. The minimum absolute atomic E-state index is 0.0274. The zero-order valence-electron chi connectivity index (χ0n) is 12.9. The first-order chi connectivity index (χ1) is 10.9. The molecule has 3 rings (SSSR count). The number of carboxylic acids is 1. The molecule has 3 aromatic rings. The molecule has 1 aromatic heterocycles. The quantitative estimate of drug-likeness (QED) is 0.801. The first-order valence-electron chi connectivity index (χ1n) is 7.30. The summed E-state index contributed by atoms with van der Waals surface area (Å²) < 4.78 is 5.89. The summed E-state index contributed by atoms with van der Waals surface area (Å²) in [4.78, 5) is 23.1. The fourth-order valence-electron chi connectivity index (χ4n) is 2.77. The molecule has 0 radical (unpaired) electrons. The van der Waals surface area contributed by atoms with Crippen molar-refractivity contribution >= 4 is 16.9 Å². The van der Waals surface area contributed by atoms with Crippen LogP contribution in [0.15, 0.2) is 51.7 Å². The number of fused-ring (bicyclic) bond motifs is 1.